The van der Waals surface area contributed by atoms with Crippen LogP contribution in [0.2, 0.25) is 0 Å². The number of pyridine rings is 1. The number of aryl methyl sites for hydroxylation is 2. The van der Waals surface area contributed by atoms with Crippen molar-refractivity contribution in [2.45, 2.75) is 13.8 Å². The van der Waals surface area contributed by atoms with Crippen LogP contribution in [0.4, 0.5) is 5.69 Å². The van der Waals surface area contributed by atoms with Gasteiger partial charge in [-0.05, 0) is 25.0 Å². The summed E-state index contributed by atoms with van der Waals surface area (Å²) in [6.45, 7) is 3.85. The first-order valence-corrected chi connectivity index (χ1v) is 4.36. The third-order valence-electron chi connectivity index (χ3n) is 2.04. The van der Waals surface area contributed by atoms with Gasteiger partial charge in [-0.3, -0.25) is 9.78 Å². The lowest BCUT2D eigenvalue weighted by Gasteiger charge is -2.20. The Balaban J connectivity index is 2.99. The molecule has 1 aromatic heterocycles. The molecule has 0 radical (unpaired) electrons. The number of carbonyl (C=O) groups is 1. The molecule has 0 saturated heterocycles. The second kappa shape index (κ2) is 4.09. The van der Waals surface area contributed by atoms with Crippen molar-refractivity contribution < 1.29 is 9.90 Å². The molecular weight excluding hydrogens is 180 g/mol. The van der Waals surface area contributed by atoms with Crippen molar-refractivity contribution in [1.82, 2.24) is 4.98 Å². The molecule has 1 N–H and O–H groups in total. The summed E-state index contributed by atoms with van der Waals surface area (Å²) < 4.78 is 0. The van der Waals surface area contributed by atoms with Crippen molar-refractivity contribution in [1.29, 1.82) is 0 Å². The molecule has 14 heavy (non-hydrogen) atoms. The Bertz CT molecular complexity index is 330. The zero-order chi connectivity index (χ0) is 10.7. The van der Waals surface area contributed by atoms with Gasteiger partial charge in [0.05, 0.1) is 0 Å². The number of likely N-dealkylation sites (N-methyl/N-ethyl adjacent to an activating group) is 1. The monoisotopic (exact) mass is 194 g/mol. The Morgan fingerprint density at radius 3 is 2.36 bits per heavy atom. The maximum atomic E-state index is 10.5. The van der Waals surface area contributed by atoms with Gasteiger partial charge in [0.2, 0.25) is 0 Å². The summed E-state index contributed by atoms with van der Waals surface area (Å²) in [5.74, 6) is -0.830. The van der Waals surface area contributed by atoms with Crippen LogP contribution in [0, 0.1) is 13.8 Å². The van der Waals surface area contributed by atoms with Crippen molar-refractivity contribution in [3.05, 3.63) is 23.5 Å². The Morgan fingerprint density at radius 2 is 1.93 bits per heavy atom. The molecule has 0 amide bonds. The minimum atomic E-state index is -0.830. The second-order valence-electron chi connectivity index (χ2n) is 3.37. The average Bonchev–Trinajstić information content (AvgIpc) is 2.01. The highest BCUT2D eigenvalue weighted by atomic mass is 16.4. The van der Waals surface area contributed by atoms with Crippen molar-refractivity contribution in [3.8, 4) is 0 Å². The SMILES string of the molecule is Cc1cncc(C)c1N(C)CC(=O)O. The summed E-state index contributed by atoms with van der Waals surface area (Å²) >= 11 is 0. The highest BCUT2D eigenvalue weighted by molar-refractivity contribution is 5.74. The maximum absolute atomic E-state index is 10.5. The Morgan fingerprint density at radius 1 is 1.43 bits per heavy atom. The van der Waals surface area contributed by atoms with Crippen molar-refractivity contribution in [3.63, 3.8) is 0 Å². The van der Waals surface area contributed by atoms with Gasteiger partial charge in [0.1, 0.15) is 6.54 Å². The van der Waals surface area contributed by atoms with Crippen LogP contribution in [0.1, 0.15) is 11.1 Å². The fourth-order valence-electron chi connectivity index (χ4n) is 1.58. The minimum absolute atomic E-state index is 0.00565. The van der Waals surface area contributed by atoms with Crippen LogP contribution in [0.25, 0.3) is 0 Å². The van der Waals surface area contributed by atoms with E-state index in [1.807, 2.05) is 13.8 Å². The lowest BCUT2D eigenvalue weighted by Crippen LogP contribution is -2.26. The molecule has 1 rings (SSSR count). The number of carboxylic acids is 1. The van der Waals surface area contributed by atoms with E-state index in [0.29, 0.717) is 0 Å². The van der Waals surface area contributed by atoms with E-state index in [0.717, 1.165) is 16.8 Å². The lowest BCUT2D eigenvalue weighted by atomic mass is 10.1. The third kappa shape index (κ3) is 2.22. The molecule has 1 aromatic rings. The van der Waals surface area contributed by atoms with Gasteiger partial charge >= 0.3 is 5.97 Å². The van der Waals surface area contributed by atoms with Gasteiger partial charge in [0.15, 0.2) is 0 Å². The van der Waals surface area contributed by atoms with Gasteiger partial charge in [0.25, 0.3) is 0 Å². The van der Waals surface area contributed by atoms with E-state index in [1.165, 1.54) is 0 Å². The summed E-state index contributed by atoms with van der Waals surface area (Å²) in [7, 11) is 1.77. The molecule has 0 aromatic carbocycles. The Hall–Kier alpha value is -1.58. The van der Waals surface area contributed by atoms with Crippen LogP contribution in [0.15, 0.2) is 12.4 Å². The smallest absolute Gasteiger partial charge is 0.323 e. The fourth-order valence-corrected chi connectivity index (χ4v) is 1.58. The normalized spacial score (nSPS) is 9.93. The summed E-state index contributed by atoms with van der Waals surface area (Å²) in [4.78, 5) is 16.3. The first-order valence-electron chi connectivity index (χ1n) is 4.36. The first kappa shape index (κ1) is 10.5. The van der Waals surface area contributed by atoms with E-state index in [9.17, 15) is 4.79 Å². The number of hydrogen-bond donors (Lipinski definition) is 1. The van der Waals surface area contributed by atoms with Crippen molar-refractivity contribution >= 4 is 11.7 Å². The summed E-state index contributed by atoms with van der Waals surface area (Å²) in [5, 5.41) is 8.67. The molecule has 0 bridgehead atoms. The van der Waals surface area contributed by atoms with E-state index in [2.05, 4.69) is 4.98 Å². The summed E-state index contributed by atoms with van der Waals surface area (Å²) in [6.07, 6.45) is 3.47. The van der Waals surface area contributed by atoms with E-state index in [-0.39, 0.29) is 6.54 Å². The molecule has 0 aliphatic heterocycles. The molecule has 0 aliphatic rings. The molecule has 0 aliphatic carbocycles. The van der Waals surface area contributed by atoms with Gasteiger partial charge in [-0.2, -0.15) is 0 Å². The maximum Gasteiger partial charge on any atom is 0.323 e. The highest BCUT2D eigenvalue weighted by Crippen LogP contribution is 2.21. The van der Waals surface area contributed by atoms with Crippen molar-refractivity contribution in [2.24, 2.45) is 0 Å². The number of rotatable bonds is 3. The van der Waals surface area contributed by atoms with Gasteiger partial charge in [-0.1, -0.05) is 0 Å². The molecule has 4 nitrogen and oxygen atoms in total. The number of anilines is 1. The van der Waals surface area contributed by atoms with Crippen LogP contribution in [-0.2, 0) is 4.79 Å². The number of carboxylic acid groups (broad SMARTS) is 1. The minimum Gasteiger partial charge on any atom is -0.480 e. The lowest BCUT2D eigenvalue weighted by molar-refractivity contribution is -0.135. The van der Waals surface area contributed by atoms with E-state index in [4.69, 9.17) is 5.11 Å². The molecule has 76 valence electrons. The molecular formula is C10H14N2O2. The number of nitrogens with zero attached hydrogens (tertiary/aromatic N) is 2. The van der Waals surface area contributed by atoms with E-state index in [1.54, 1.807) is 24.3 Å². The topological polar surface area (TPSA) is 53.4 Å². The quantitative estimate of drug-likeness (QED) is 0.786. The van der Waals surface area contributed by atoms with Gasteiger partial charge < -0.3 is 10.0 Å². The zero-order valence-electron chi connectivity index (χ0n) is 8.61. The largest absolute Gasteiger partial charge is 0.480 e. The van der Waals surface area contributed by atoms with E-state index < -0.39 is 5.97 Å². The highest BCUT2D eigenvalue weighted by Gasteiger charge is 2.10. The molecule has 1 heterocycles. The van der Waals surface area contributed by atoms with Gasteiger partial charge in [0, 0.05) is 25.1 Å². The molecule has 0 saturated carbocycles. The molecule has 0 atom stereocenters. The predicted molar refractivity (Wildman–Crippen MR) is 54.6 cm³/mol. The van der Waals surface area contributed by atoms with Crippen LogP contribution >= 0.6 is 0 Å². The molecule has 0 unspecified atom stereocenters. The second-order valence-corrected chi connectivity index (χ2v) is 3.37. The average molecular weight is 194 g/mol. The number of hydrogen-bond acceptors (Lipinski definition) is 3. The van der Waals surface area contributed by atoms with Gasteiger partial charge in [-0.25, -0.2) is 0 Å². The number of aromatic nitrogens is 1. The molecule has 4 heteroatoms. The number of aliphatic carboxylic acids is 1. The first-order chi connectivity index (χ1) is 6.52. The standard InChI is InChI=1S/C10H14N2O2/c1-7-4-11-5-8(2)10(7)12(3)6-9(13)14/h4-5H,6H2,1-3H3,(H,13,14). The van der Waals surface area contributed by atoms with Crippen LogP contribution in [0.3, 0.4) is 0 Å². The zero-order valence-corrected chi connectivity index (χ0v) is 8.61. The fraction of sp³-hybridized carbons (Fsp3) is 0.400. The Kier molecular flexibility index (Phi) is 3.06. The van der Waals surface area contributed by atoms with E-state index >= 15 is 0 Å². The predicted octanol–water partition coefficient (Wildman–Crippen LogP) is 1.22. The molecule has 0 spiro atoms. The summed E-state index contributed by atoms with van der Waals surface area (Å²) in [5.41, 5.74) is 2.94. The summed E-state index contributed by atoms with van der Waals surface area (Å²) in [6, 6.07) is 0. The van der Waals surface area contributed by atoms with Crippen molar-refractivity contribution in [2.75, 3.05) is 18.5 Å². The van der Waals surface area contributed by atoms with Crippen LogP contribution < -0.4 is 4.90 Å². The third-order valence-corrected chi connectivity index (χ3v) is 2.04. The van der Waals surface area contributed by atoms with Crippen LogP contribution in [-0.4, -0.2) is 29.7 Å². The molecule has 0 fully saturated rings. The Labute approximate surface area is 83.2 Å². The van der Waals surface area contributed by atoms with Gasteiger partial charge in [-0.15, -0.1) is 0 Å². The van der Waals surface area contributed by atoms with Crippen LogP contribution in [0.5, 0.6) is 0 Å².